The molecular formula is C11H12O4. The zero-order valence-electron chi connectivity index (χ0n) is 8.83. The van der Waals surface area contributed by atoms with Crippen LogP contribution in [-0.2, 0) is 0 Å². The molecule has 0 saturated heterocycles. The maximum Gasteiger partial charge on any atom is 0.216 e. The molecule has 0 bridgehead atoms. The molecule has 1 N–H and O–H groups in total. The fourth-order valence-electron chi connectivity index (χ4n) is 1.77. The molecule has 4 nitrogen and oxygen atoms in total. The Balaban J connectivity index is 2.71. The number of fused-ring (bicyclic) bond motifs is 1. The lowest BCUT2D eigenvalue weighted by Gasteiger charge is -2.11. The number of hydrogen-bond acceptors (Lipinski definition) is 4. The Morgan fingerprint density at radius 2 is 2.07 bits per heavy atom. The fraction of sp³-hybridized carbons (Fsp3) is 0.364. The first kappa shape index (κ1) is 9.83. The summed E-state index contributed by atoms with van der Waals surface area (Å²) in [6.07, 6.45) is 0.709. The minimum Gasteiger partial charge on any atom is -0.504 e. The van der Waals surface area contributed by atoms with E-state index < -0.39 is 0 Å². The molecule has 0 aromatic heterocycles. The molecule has 0 spiro atoms. The SMILES string of the molecule is COc1c(O)c(C(C)C)c(C=O)c2c1O2. The predicted molar refractivity (Wildman–Crippen MR) is 54.2 cm³/mol. The van der Waals surface area contributed by atoms with E-state index in [1.54, 1.807) is 0 Å². The van der Waals surface area contributed by atoms with Crippen LogP contribution in [-0.4, -0.2) is 18.5 Å². The van der Waals surface area contributed by atoms with Gasteiger partial charge in [0.15, 0.2) is 17.8 Å². The first-order valence-corrected chi connectivity index (χ1v) is 4.71. The first-order chi connectivity index (χ1) is 7.11. The van der Waals surface area contributed by atoms with Crippen LogP contribution in [0.15, 0.2) is 0 Å². The number of aromatic hydroxyl groups is 1. The number of phenols is 1. The summed E-state index contributed by atoms with van der Waals surface area (Å²) >= 11 is 0. The van der Waals surface area contributed by atoms with Gasteiger partial charge < -0.3 is 14.6 Å². The highest BCUT2D eigenvalue weighted by molar-refractivity contribution is 5.91. The van der Waals surface area contributed by atoms with E-state index in [1.807, 2.05) is 13.8 Å². The minimum absolute atomic E-state index is 0.00542. The average Bonchev–Trinajstić information content (AvgIpc) is 2.94. The summed E-state index contributed by atoms with van der Waals surface area (Å²) in [7, 11) is 1.46. The summed E-state index contributed by atoms with van der Waals surface area (Å²) in [5.74, 6) is 1.36. The van der Waals surface area contributed by atoms with Crippen LogP contribution in [0.5, 0.6) is 23.0 Å². The highest BCUT2D eigenvalue weighted by Gasteiger charge is 2.37. The summed E-state index contributed by atoms with van der Waals surface area (Å²) < 4.78 is 10.2. The third kappa shape index (κ3) is 1.25. The molecule has 0 unspecified atom stereocenters. The molecule has 0 amide bonds. The molecule has 0 atom stereocenters. The Morgan fingerprint density at radius 1 is 1.40 bits per heavy atom. The lowest BCUT2D eigenvalue weighted by Crippen LogP contribution is -1.95. The Hall–Kier alpha value is -1.71. The van der Waals surface area contributed by atoms with Crippen molar-refractivity contribution in [3.63, 3.8) is 0 Å². The predicted octanol–water partition coefficient (Wildman–Crippen LogP) is 2.44. The Bertz CT molecular complexity index is 435. The van der Waals surface area contributed by atoms with Crippen molar-refractivity contribution in [2.45, 2.75) is 19.8 Å². The van der Waals surface area contributed by atoms with Crippen molar-refractivity contribution in [2.24, 2.45) is 0 Å². The molecule has 80 valence electrons. The van der Waals surface area contributed by atoms with Crippen LogP contribution in [0.3, 0.4) is 0 Å². The fourth-order valence-corrected chi connectivity index (χ4v) is 1.77. The zero-order valence-corrected chi connectivity index (χ0v) is 8.83. The van der Waals surface area contributed by atoms with Crippen LogP contribution in [0.2, 0.25) is 0 Å². The zero-order chi connectivity index (χ0) is 11.2. The van der Waals surface area contributed by atoms with Gasteiger partial charge >= 0.3 is 0 Å². The highest BCUT2D eigenvalue weighted by Crippen LogP contribution is 2.61. The van der Waals surface area contributed by atoms with Crippen LogP contribution >= 0.6 is 0 Å². The maximum absolute atomic E-state index is 10.9. The Labute approximate surface area is 87.4 Å². The van der Waals surface area contributed by atoms with E-state index in [0.29, 0.717) is 34.7 Å². The summed E-state index contributed by atoms with van der Waals surface area (Å²) in [6.45, 7) is 3.80. The van der Waals surface area contributed by atoms with Crippen molar-refractivity contribution in [3.05, 3.63) is 11.1 Å². The van der Waals surface area contributed by atoms with Gasteiger partial charge in [-0.2, -0.15) is 0 Å². The Kier molecular flexibility index (Phi) is 2.07. The molecule has 4 heteroatoms. The monoisotopic (exact) mass is 208 g/mol. The molecule has 0 fully saturated rings. The van der Waals surface area contributed by atoms with E-state index in [2.05, 4.69) is 0 Å². The van der Waals surface area contributed by atoms with Crippen molar-refractivity contribution < 1.29 is 19.4 Å². The lowest BCUT2D eigenvalue weighted by molar-refractivity contribution is 0.112. The van der Waals surface area contributed by atoms with Gasteiger partial charge in [-0.1, -0.05) is 13.8 Å². The van der Waals surface area contributed by atoms with Crippen molar-refractivity contribution in [3.8, 4) is 23.0 Å². The van der Waals surface area contributed by atoms with Crippen molar-refractivity contribution in [1.29, 1.82) is 0 Å². The number of ether oxygens (including phenoxy) is 2. The molecule has 15 heavy (non-hydrogen) atoms. The van der Waals surface area contributed by atoms with Gasteiger partial charge in [0, 0.05) is 5.56 Å². The molecule has 2 rings (SSSR count). The Morgan fingerprint density at radius 3 is 2.53 bits per heavy atom. The topological polar surface area (TPSA) is 59.1 Å². The number of carbonyl (C=O) groups excluding carboxylic acids is 1. The molecule has 1 aliphatic rings. The van der Waals surface area contributed by atoms with Gasteiger partial charge in [-0.3, -0.25) is 4.79 Å². The van der Waals surface area contributed by atoms with Gasteiger partial charge in [0.2, 0.25) is 11.5 Å². The molecule has 1 aromatic carbocycles. The summed E-state index contributed by atoms with van der Waals surface area (Å²) in [5.41, 5.74) is 1.01. The van der Waals surface area contributed by atoms with Crippen molar-refractivity contribution in [2.75, 3.05) is 7.11 Å². The summed E-state index contributed by atoms with van der Waals surface area (Å²) in [5, 5.41) is 9.92. The lowest BCUT2D eigenvalue weighted by atomic mass is 9.96. The van der Waals surface area contributed by atoms with Crippen LogP contribution in [0.25, 0.3) is 0 Å². The highest BCUT2D eigenvalue weighted by atomic mass is 16.6. The third-order valence-electron chi connectivity index (χ3n) is 2.48. The van der Waals surface area contributed by atoms with Gasteiger partial charge in [-0.15, -0.1) is 0 Å². The molecular weight excluding hydrogens is 196 g/mol. The van der Waals surface area contributed by atoms with E-state index in [0.717, 1.165) is 0 Å². The van der Waals surface area contributed by atoms with E-state index >= 15 is 0 Å². The summed E-state index contributed by atoms with van der Waals surface area (Å²) in [6, 6.07) is 0. The first-order valence-electron chi connectivity index (χ1n) is 4.71. The smallest absolute Gasteiger partial charge is 0.216 e. The largest absolute Gasteiger partial charge is 0.504 e. The summed E-state index contributed by atoms with van der Waals surface area (Å²) in [4.78, 5) is 10.9. The normalized spacial score (nSPS) is 12.0. The van der Waals surface area contributed by atoms with Gasteiger partial charge in [-0.05, 0) is 5.92 Å². The molecule has 0 saturated carbocycles. The number of benzene rings is 1. The van der Waals surface area contributed by atoms with Crippen molar-refractivity contribution >= 4 is 6.29 Å². The van der Waals surface area contributed by atoms with E-state index in [-0.39, 0.29) is 11.7 Å². The second-order valence-electron chi connectivity index (χ2n) is 3.74. The molecule has 1 aromatic rings. The third-order valence-corrected chi connectivity index (χ3v) is 2.48. The van der Waals surface area contributed by atoms with Crippen LogP contribution in [0, 0.1) is 0 Å². The van der Waals surface area contributed by atoms with Gasteiger partial charge in [0.1, 0.15) is 0 Å². The van der Waals surface area contributed by atoms with Gasteiger partial charge in [0.05, 0.1) is 12.7 Å². The van der Waals surface area contributed by atoms with Gasteiger partial charge in [-0.25, -0.2) is 0 Å². The average molecular weight is 208 g/mol. The van der Waals surface area contributed by atoms with E-state index in [4.69, 9.17) is 9.47 Å². The standard InChI is InChI=1S/C11H12O4/c1-5(2)7-6(4-12)9-11(15-9)10(14-3)8(7)13/h4-5,13H,1-3H3. The molecule has 0 radical (unpaired) electrons. The number of carbonyl (C=O) groups is 1. The van der Waals surface area contributed by atoms with Gasteiger partial charge in [0.25, 0.3) is 0 Å². The quantitative estimate of drug-likeness (QED) is 0.621. The second-order valence-corrected chi connectivity index (χ2v) is 3.74. The minimum atomic E-state index is 0.00542. The molecule has 1 heterocycles. The molecule has 1 aliphatic heterocycles. The number of aldehydes is 1. The van der Waals surface area contributed by atoms with Crippen molar-refractivity contribution in [1.82, 2.24) is 0 Å². The maximum atomic E-state index is 10.9. The van der Waals surface area contributed by atoms with Crippen LogP contribution in [0.4, 0.5) is 0 Å². The van der Waals surface area contributed by atoms with Crippen LogP contribution < -0.4 is 9.47 Å². The van der Waals surface area contributed by atoms with Crippen LogP contribution in [0.1, 0.15) is 35.7 Å². The second kappa shape index (κ2) is 3.15. The number of methoxy groups -OCH3 is 1. The number of phenolic OH excluding ortho intramolecular Hbond substituents is 1. The number of rotatable bonds is 3. The molecule has 0 aliphatic carbocycles. The number of hydrogen-bond donors (Lipinski definition) is 1. The van der Waals surface area contributed by atoms with E-state index in [1.165, 1.54) is 7.11 Å². The van der Waals surface area contributed by atoms with E-state index in [9.17, 15) is 9.90 Å².